The number of amides is 1. The van der Waals surface area contributed by atoms with E-state index in [1.807, 2.05) is 0 Å². The molecular weight excluding hydrogens is 316 g/mol. The Morgan fingerprint density at radius 2 is 2.14 bits per heavy atom. The van der Waals surface area contributed by atoms with E-state index in [1.165, 1.54) is 10.9 Å². The van der Waals surface area contributed by atoms with Crippen LogP contribution >= 0.6 is 11.6 Å². The highest BCUT2D eigenvalue weighted by Crippen LogP contribution is 2.18. The zero-order valence-corrected chi connectivity index (χ0v) is 13.5. The first-order chi connectivity index (χ1) is 9.92. The van der Waals surface area contributed by atoms with E-state index in [4.69, 9.17) is 11.6 Å². The van der Waals surface area contributed by atoms with Crippen molar-refractivity contribution in [3.05, 3.63) is 11.5 Å². The molecule has 1 aliphatic heterocycles. The monoisotopic (exact) mass is 334 g/mol. The lowest BCUT2D eigenvalue weighted by atomic mass is 10.2. The largest absolute Gasteiger partial charge is 0.341 e. The SMILES string of the molecule is Cn1cnc(S(=O)(=O)NCCN2CCCCCC2=O)c1Cl. The van der Waals surface area contributed by atoms with Crippen LogP contribution < -0.4 is 4.72 Å². The minimum atomic E-state index is -3.75. The van der Waals surface area contributed by atoms with E-state index in [9.17, 15) is 13.2 Å². The Morgan fingerprint density at radius 1 is 1.38 bits per heavy atom. The van der Waals surface area contributed by atoms with Gasteiger partial charge in [-0.25, -0.2) is 18.1 Å². The lowest BCUT2D eigenvalue weighted by molar-refractivity contribution is -0.130. The van der Waals surface area contributed by atoms with Crippen molar-refractivity contribution in [2.75, 3.05) is 19.6 Å². The summed E-state index contributed by atoms with van der Waals surface area (Å²) in [5.41, 5.74) is 0. The van der Waals surface area contributed by atoms with E-state index in [-0.39, 0.29) is 22.6 Å². The maximum absolute atomic E-state index is 12.1. The molecule has 118 valence electrons. The number of rotatable bonds is 5. The fraction of sp³-hybridized carbons (Fsp3) is 0.667. The van der Waals surface area contributed by atoms with Gasteiger partial charge in [0.1, 0.15) is 5.15 Å². The van der Waals surface area contributed by atoms with E-state index in [2.05, 4.69) is 9.71 Å². The number of carbonyl (C=O) groups is 1. The van der Waals surface area contributed by atoms with Gasteiger partial charge in [0.25, 0.3) is 10.0 Å². The normalized spacial score (nSPS) is 17.0. The lowest BCUT2D eigenvalue weighted by Crippen LogP contribution is -2.38. The van der Waals surface area contributed by atoms with Gasteiger partial charge in [-0.1, -0.05) is 18.0 Å². The molecule has 1 saturated heterocycles. The quantitative estimate of drug-likeness (QED) is 0.861. The highest BCUT2D eigenvalue weighted by Gasteiger charge is 2.23. The fourth-order valence-corrected chi connectivity index (χ4v) is 3.68. The summed E-state index contributed by atoms with van der Waals surface area (Å²) in [7, 11) is -2.13. The van der Waals surface area contributed by atoms with Gasteiger partial charge in [0.05, 0.1) is 6.33 Å². The maximum Gasteiger partial charge on any atom is 0.261 e. The Kier molecular flexibility index (Phi) is 5.23. The number of imidazole rings is 1. The van der Waals surface area contributed by atoms with E-state index in [0.717, 1.165) is 19.3 Å². The number of sulfonamides is 1. The van der Waals surface area contributed by atoms with Crippen molar-refractivity contribution in [2.24, 2.45) is 7.05 Å². The molecule has 0 saturated carbocycles. The van der Waals surface area contributed by atoms with Crippen LogP contribution in [0.25, 0.3) is 0 Å². The van der Waals surface area contributed by atoms with E-state index >= 15 is 0 Å². The molecule has 0 aliphatic carbocycles. The molecule has 1 N–H and O–H groups in total. The predicted octanol–water partition coefficient (Wildman–Crippen LogP) is 0.754. The number of aromatic nitrogens is 2. The molecular formula is C12H19ClN4O3S. The van der Waals surface area contributed by atoms with Crippen LogP contribution in [0.4, 0.5) is 0 Å². The molecule has 0 bridgehead atoms. The molecule has 21 heavy (non-hydrogen) atoms. The Hall–Kier alpha value is -1.12. The Bertz CT molecular complexity index is 614. The van der Waals surface area contributed by atoms with E-state index < -0.39 is 10.0 Å². The summed E-state index contributed by atoms with van der Waals surface area (Å²) in [4.78, 5) is 17.3. The number of hydrogen-bond donors (Lipinski definition) is 1. The molecule has 2 heterocycles. The smallest absolute Gasteiger partial charge is 0.261 e. The third kappa shape index (κ3) is 3.96. The number of halogens is 1. The topological polar surface area (TPSA) is 84.3 Å². The van der Waals surface area contributed by atoms with Crippen molar-refractivity contribution in [1.82, 2.24) is 19.2 Å². The Morgan fingerprint density at radius 3 is 2.81 bits per heavy atom. The molecule has 2 rings (SSSR count). The molecule has 0 spiro atoms. The molecule has 0 unspecified atom stereocenters. The first-order valence-corrected chi connectivity index (χ1v) is 8.72. The summed E-state index contributed by atoms with van der Waals surface area (Å²) in [6.45, 7) is 1.20. The molecule has 0 atom stereocenters. The number of nitrogens with zero attached hydrogens (tertiary/aromatic N) is 3. The van der Waals surface area contributed by atoms with Crippen LogP contribution in [0.15, 0.2) is 11.4 Å². The van der Waals surface area contributed by atoms with Crippen LogP contribution in [-0.4, -0.2) is 48.4 Å². The van der Waals surface area contributed by atoms with Crippen LogP contribution in [0.2, 0.25) is 5.15 Å². The minimum absolute atomic E-state index is 0.0633. The second-order valence-corrected chi connectivity index (χ2v) is 7.08. The molecule has 1 aliphatic rings. The summed E-state index contributed by atoms with van der Waals surface area (Å²) >= 11 is 5.88. The third-order valence-electron chi connectivity index (χ3n) is 3.43. The summed E-state index contributed by atoms with van der Waals surface area (Å²) in [5.74, 6) is 0.0857. The van der Waals surface area contributed by atoms with Crippen LogP contribution in [0.3, 0.4) is 0 Å². The van der Waals surface area contributed by atoms with Crippen molar-refractivity contribution in [3.63, 3.8) is 0 Å². The van der Waals surface area contributed by atoms with Gasteiger partial charge in [0.2, 0.25) is 10.9 Å². The fourth-order valence-electron chi connectivity index (χ4n) is 2.23. The molecule has 1 fully saturated rings. The average Bonchev–Trinajstić information content (AvgIpc) is 2.64. The minimum Gasteiger partial charge on any atom is -0.341 e. The zero-order chi connectivity index (χ0) is 15.5. The molecule has 1 aromatic heterocycles. The Balaban J connectivity index is 1.93. The van der Waals surface area contributed by atoms with Gasteiger partial charge >= 0.3 is 0 Å². The average molecular weight is 335 g/mol. The highest BCUT2D eigenvalue weighted by atomic mass is 35.5. The number of likely N-dealkylation sites (tertiary alicyclic amines) is 1. The zero-order valence-electron chi connectivity index (χ0n) is 11.9. The van der Waals surface area contributed by atoms with Crippen molar-refractivity contribution in [1.29, 1.82) is 0 Å². The third-order valence-corrected chi connectivity index (χ3v) is 5.38. The maximum atomic E-state index is 12.1. The van der Waals surface area contributed by atoms with Crippen LogP contribution in [-0.2, 0) is 21.9 Å². The van der Waals surface area contributed by atoms with Crippen molar-refractivity contribution in [2.45, 2.75) is 30.7 Å². The van der Waals surface area contributed by atoms with E-state index in [0.29, 0.717) is 19.5 Å². The number of hydrogen-bond acceptors (Lipinski definition) is 4. The van der Waals surface area contributed by atoms with E-state index in [1.54, 1.807) is 11.9 Å². The molecule has 1 aromatic rings. The molecule has 0 radical (unpaired) electrons. The van der Waals surface area contributed by atoms with Crippen LogP contribution in [0.1, 0.15) is 25.7 Å². The van der Waals surface area contributed by atoms with Gasteiger partial charge in [0, 0.05) is 33.1 Å². The summed E-state index contributed by atoms with van der Waals surface area (Å²) in [6, 6.07) is 0. The van der Waals surface area contributed by atoms with Crippen molar-refractivity contribution in [3.8, 4) is 0 Å². The van der Waals surface area contributed by atoms with Crippen LogP contribution in [0, 0.1) is 0 Å². The van der Waals surface area contributed by atoms with Gasteiger partial charge in [-0.2, -0.15) is 0 Å². The molecule has 0 aromatic carbocycles. The number of aryl methyl sites for hydroxylation is 1. The number of nitrogens with one attached hydrogen (secondary N) is 1. The standard InChI is InChI=1S/C12H19ClN4O3S/c1-16-9-14-12(11(16)13)21(19,20)15-6-8-17-7-4-2-3-5-10(17)18/h9,15H,2-8H2,1H3. The molecule has 1 amide bonds. The summed E-state index contributed by atoms with van der Waals surface area (Å²) < 4.78 is 28.0. The molecule has 9 heteroatoms. The van der Waals surface area contributed by atoms with Gasteiger partial charge < -0.3 is 9.47 Å². The predicted molar refractivity (Wildman–Crippen MR) is 78.5 cm³/mol. The highest BCUT2D eigenvalue weighted by molar-refractivity contribution is 7.89. The van der Waals surface area contributed by atoms with Crippen molar-refractivity contribution >= 4 is 27.5 Å². The summed E-state index contributed by atoms with van der Waals surface area (Å²) in [5, 5.41) is -0.123. The first kappa shape index (κ1) is 16.3. The number of carbonyl (C=O) groups excluding carboxylic acids is 1. The van der Waals surface area contributed by atoms with Crippen molar-refractivity contribution < 1.29 is 13.2 Å². The molecule has 7 nitrogen and oxygen atoms in total. The second kappa shape index (κ2) is 6.76. The van der Waals surface area contributed by atoms with Crippen LogP contribution in [0.5, 0.6) is 0 Å². The van der Waals surface area contributed by atoms with Gasteiger partial charge in [-0.05, 0) is 12.8 Å². The van der Waals surface area contributed by atoms with Gasteiger partial charge in [-0.3, -0.25) is 4.79 Å². The lowest BCUT2D eigenvalue weighted by Gasteiger charge is -2.20. The summed E-state index contributed by atoms with van der Waals surface area (Å²) in [6.07, 6.45) is 4.79. The van der Waals surface area contributed by atoms with Gasteiger partial charge in [0.15, 0.2) is 0 Å². The van der Waals surface area contributed by atoms with Gasteiger partial charge in [-0.15, -0.1) is 0 Å². The Labute approximate surface area is 129 Å². The second-order valence-electron chi connectivity index (χ2n) is 5.04. The first-order valence-electron chi connectivity index (χ1n) is 6.86.